The SMILES string of the molecule is C[C@H](NC(=O)NC(C)(C)C)[C@H](C)Oc1ccc(Oc2ccnc3c2CCC(=O)N3)cc1. The van der Waals surface area contributed by atoms with Gasteiger partial charge in [0.15, 0.2) is 0 Å². The Labute approximate surface area is 182 Å². The number of pyridine rings is 1. The summed E-state index contributed by atoms with van der Waals surface area (Å²) in [6.45, 7) is 9.59. The number of ether oxygens (including phenoxy) is 2. The first kappa shape index (κ1) is 22.4. The summed E-state index contributed by atoms with van der Waals surface area (Å²) < 4.78 is 12.0. The second kappa shape index (κ2) is 9.24. The van der Waals surface area contributed by atoms with Gasteiger partial charge in [-0.1, -0.05) is 0 Å². The summed E-state index contributed by atoms with van der Waals surface area (Å²) in [5.41, 5.74) is 0.591. The lowest BCUT2D eigenvalue weighted by atomic mass is 10.1. The van der Waals surface area contributed by atoms with Gasteiger partial charge < -0.3 is 25.4 Å². The molecule has 2 heterocycles. The average molecular weight is 427 g/mol. The van der Waals surface area contributed by atoms with Crippen LogP contribution in [0.5, 0.6) is 17.2 Å². The molecule has 2 atom stereocenters. The molecule has 8 nitrogen and oxygen atoms in total. The molecule has 3 N–H and O–H groups in total. The van der Waals surface area contributed by atoms with Gasteiger partial charge in [0.2, 0.25) is 5.91 Å². The lowest BCUT2D eigenvalue weighted by Crippen LogP contribution is -2.52. The van der Waals surface area contributed by atoms with E-state index in [1.165, 1.54) is 0 Å². The van der Waals surface area contributed by atoms with E-state index in [4.69, 9.17) is 9.47 Å². The molecule has 0 fully saturated rings. The van der Waals surface area contributed by atoms with Crippen LogP contribution in [0.2, 0.25) is 0 Å². The van der Waals surface area contributed by atoms with E-state index < -0.39 is 0 Å². The van der Waals surface area contributed by atoms with Crippen LogP contribution in [0.25, 0.3) is 0 Å². The molecule has 1 aliphatic heterocycles. The van der Waals surface area contributed by atoms with Crippen molar-refractivity contribution in [3.63, 3.8) is 0 Å². The Morgan fingerprint density at radius 2 is 1.77 bits per heavy atom. The number of carbonyl (C=O) groups is 2. The maximum Gasteiger partial charge on any atom is 0.315 e. The maximum atomic E-state index is 12.0. The minimum Gasteiger partial charge on any atom is -0.489 e. The minimum absolute atomic E-state index is 0.0348. The molecule has 1 aliphatic rings. The van der Waals surface area contributed by atoms with Crippen molar-refractivity contribution >= 4 is 17.8 Å². The molecule has 0 spiro atoms. The molecular weight excluding hydrogens is 396 g/mol. The number of aromatic nitrogens is 1. The van der Waals surface area contributed by atoms with Gasteiger partial charge in [-0.15, -0.1) is 0 Å². The number of fused-ring (bicyclic) bond motifs is 1. The van der Waals surface area contributed by atoms with Crippen molar-refractivity contribution in [2.24, 2.45) is 0 Å². The highest BCUT2D eigenvalue weighted by Crippen LogP contribution is 2.33. The van der Waals surface area contributed by atoms with Gasteiger partial charge in [0.1, 0.15) is 29.2 Å². The second-order valence-corrected chi connectivity index (χ2v) is 8.72. The van der Waals surface area contributed by atoms with E-state index in [1.54, 1.807) is 12.3 Å². The third-order valence-corrected chi connectivity index (χ3v) is 4.80. The number of rotatable bonds is 6. The molecule has 3 amide bonds. The van der Waals surface area contributed by atoms with Crippen LogP contribution in [0.4, 0.5) is 10.6 Å². The first-order valence-electron chi connectivity index (χ1n) is 10.4. The van der Waals surface area contributed by atoms with Crippen LogP contribution in [-0.2, 0) is 11.2 Å². The van der Waals surface area contributed by atoms with Gasteiger partial charge in [-0.3, -0.25) is 4.79 Å². The molecular formula is C23H30N4O4. The van der Waals surface area contributed by atoms with Crippen LogP contribution in [0.1, 0.15) is 46.6 Å². The van der Waals surface area contributed by atoms with Crippen LogP contribution in [0, 0.1) is 0 Å². The smallest absolute Gasteiger partial charge is 0.315 e. The van der Waals surface area contributed by atoms with E-state index in [0.29, 0.717) is 35.9 Å². The lowest BCUT2D eigenvalue weighted by molar-refractivity contribution is -0.116. The molecule has 8 heteroatoms. The monoisotopic (exact) mass is 426 g/mol. The third-order valence-electron chi connectivity index (χ3n) is 4.80. The number of hydrogen-bond acceptors (Lipinski definition) is 5. The second-order valence-electron chi connectivity index (χ2n) is 8.72. The fourth-order valence-corrected chi connectivity index (χ4v) is 3.08. The summed E-state index contributed by atoms with van der Waals surface area (Å²) in [7, 11) is 0. The Balaban J connectivity index is 1.58. The third kappa shape index (κ3) is 6.34. The summed E-state index contributed by atoms with van der Waals surface area (Å²) in [4.78, 5) is 27.8. The fraction of sp³-hybridized carbons (Fsp3) is 0.435. The van der Waals surface area contributed by atoms with Crippen molar-refractivity contribution in [3.8, 4) is 17.2 Å². The molecule has 0 aliphatic carbocycles. The van der Waals surface area contributed by atoms with E-state index in [0.717, 1.165) is 5.56 Å². The predicted octanol–water partition coefficient (Wildman–Crippen LogP) is 4.01. The Hall–Kier alpha value is -3.29. The van der Waals surface area contributed by atoms with Crippen molar-refractivity contribution in [2.75, 3.05) is 5.32 Å². The van der Waals surface area contributed by atoms with Crippen molar-refractivity contribution in [3.05, 3.63) is 42.1 Å². The topological polar surface area (TPSA) is 102 Å². The summed E-state index contributed by atoms with van der Waals surface area (Å²) >= 11 is 0. The number of hydrogen-bond donors (Lipinski definition) is 3. The first-order valence-corrected chi connectivity index (χ1v) is 10.4. The quantitative estimate of drug-likeness (QED) is 0.648. The first-order chi connectivity index (χ1) is 14.6. The highest BCUT2D eigenvalue weighted by molar-refractivity contribution is 5.93. The largest absolute Gasteiger partial charge is 0.489 e. The van der Waals surface area contributed by atoms with Crippen molar-refractivity contribution in [1.29, 1.82) is 0 Å². The zero-order chi connectivity index (χ0) is 22.6. The Morgan fingerprint density at radius 3 is 2.45 bits per heavy atom. The number of urea groups is 1. The zero-order valence-electron chi connectivity index (χ0n) is 18.6. The molecule has 31 heavy (non-hydrogen) atoms. The molecule has 3 rings (SSSR count). The Morgan fingerprint density at radius 1 is 1.10 bits per heavy atom. The van der Waals surface area contributed by atoms with E-state index in [9.17, 15) is 9.59 Å². The number of benzene rings is 1. The van der Waals surface area contributed by atoms with Gasteiger partial charge in [0.25, 0.3) is 0 Å². The molecule has 166 valence electrons. The van der Waals surface area contributed by atoms with Crippen LogP contribution in [0.15, 0.2) is 36.5 Å². The number of amides is 3. The normalized spacial score (nSPS) is 15.2. The lowest BCUT2D eigenvalue weighted by Gasteiger charge is -2.26. The molecule has 1 aromatic heterocycles. The summed E-state index contributed by atoms with van der Waals surface area (Å²) in [5.74, 6) is 2.52. The van der Waals surface area contributed by atoms with Gasteiger partial charge in [-0.2, -0.15) is 0 Å². The van der Waals surface area contributed by atoms with Gasteiger partial charge in [0.05, 0.1) is 6.04 Å². The molecule has 0 radical (unpaired) electrons. The highest BCUT2D eigenvalue weighted by Gasteiger charge is 2.21. The van der Waals surface area contributed by atoms with E-state index >= 15 is 0 Å². The summed E-state index contributed by atoms with van der Waals surface area (Å²) in [6, 6.07) is 8.67. The molecule has 0 bridgehead atoms. The van der Waals surface area contributed by atoms with Gasteiger partial charge in [-0.05, 0) is 71.4 Å². The number of anilines is 1. The molecule has 0 unspecified atom stereocenters. The molecule has 1 aromatic carbocycles. The van der Waals surface area contributed by atoms with Crippen molar-refractivity contribution in [2.45, 2.75) is 65.1 Å². The van der Waals surface area contributed by atoms with E-state index in [1.807, 2.05) is 58.9 Å². The summed E-state index contributed by atoms with van der Waals surface area (Å²) in [6.07, 6.45) is 2.40. The van der Waals surface area contributed by atoms with E-state index in [-0.39, 0.29) is 29.6 Å². The van der Waals surface area contributed by atoms with Crippen molar-refractivity contribution in [1.82, 2.24) is 15.6 Å². The molecule has 0 saturated heterocycles. The Bertz CT molecular complexity index is 938. The average Bonchev–Trinajstić information content (AvgIpc) is 2.67. The number of nitrogens with one attached hydrogen (secondary N) is 3. The number of carbonyl (C=O) groups excluding carboxylic acids is 2. The zero-order valence-corrected chi connectivity index (χ0v) is 18.6. The Kier molecular flexibility index (Phi) is 6.68. The van der Waals surface area contributed by atoms with Crippen LogP contribution in [0.3, 0.4) is 0 Å². The van der Waals surface area contributed by atoms with Crippen LogP contribution < -0.4 is 25.4 Å². The fourth-order valence-electron chi connectivity index (χ4n) is 3.08. The minimum atomic E-state index is -0.302. The standard InChI is InChI=1S/C23H30N4O4/c1-14(25-22(29)27-23(3,4)5)15(2)30-16-6-8-17(9-7-16)31-19-12-13-24-21-18(19)10-11-20(28)26-21/h6-9,12-15H,10-11H2,1-5H3,(H,24,26,28)(H2,25,27,29)/t14-,15-/m0/s1. The predicted molar refractivity (Wildman–Crippen MR) is 119 cm³/mol. The van der Waals surface area contributed by atoms with Gasteiger partial charge >= 0.3 is 6.03 Å². The molecule has 2 aromatic rings. The summed E-state index contributed by atoms with van der Waals surface area (Å²) in [5, 5.41) is 8.54. The van der Waals surface area contributed by atoms with Crippen molar-refractivity contribution < 1.29 is 19.1 Å². The van der Waals surface area contributed by atoms with Crippen LogP contribution in [-0.4, -0.2) is 34.6 Å². The maximum absolute atomic E-state index is 12.0. The number of nitrogens with zero attached hydrogens (tertiary/aromatic N) is 1. The van der Waals surface area contributed by atoms with Gasteiger partial charge in [-0.25, -0.2) is 9.78 Å². The molecule has 0 saturated carbocycles. The van der Waals surface area contributed by atoms with Crippen LogP contribution >= 0.6 is 0 Å². The van der Waals surface area contributed by atoms with Gasteiger partial charge in [0, 0.05) is 23.7 Å². The highest BCUT2D eigenvalue weighted by atomic mass is 16.5. The van der Waals surface area contributed by atoms with E-state index in [2.05, 4.69) is 20.9 Å².